The number of hydrogen-bond acceptors (Lipinski definition) is 4. The average molecular weight is 204 g/mol. The second kappa shape index (κ2) is 3.61. The molecular weight excluding hydrogens is 192 g/mol. The lowest BCUT2D eigenvalue weighted by molar-refractivity contribution is 0.416. The summed E-state index contributed by atoms with van der Waals surface area (Å²) in [4.78, 5) is 4.05. The number of aryl methyl sites for hydroxylation is 1. The van der Waals surface area contributed by atoms with Gasteiger partial charge in [-0.1, -0.05) is 0 Å². The second-order valence-electron chi connectivity index (χ2n) is 3.16. The molecule has 15 heavy (non-hydrogen) atoms. The Morgan fingerprint density at radius 3 is 2.80 bits per heavy atom. The van der Waals surface area contributed by atoms with Crippen molar-refractivity contribution in [1.82, 2.24) is 14.8 Å². The molecule has 0 aliphatic rings. The lowest BCUT2D eigenvalue weighted by atomic mass is 10.2. The van der Waals surface area contributed by atoms with Gasteiger partial charge in [-0.25, -0.2) is 9.67 Å². The lowest BCUT2D eigenvalue weighted by Gasteiger charge is -2.06. The number of nitrogens with zero attached hydrogens (tertiary/aromatic N) is 3. The third kappa shape index (κ3) is 1.76. The Labute approximate surface area is 87.5 Å². The van der Waals surface area contributed by atoms with Gasteiger partial charge in [0.2, 0.25) is 0 Å². The number of nitrogen functional groups attached to an aromatic ring is 1. The van der Waals surface area contributed by atoms with Gasteiger partial charge in [0, 0.05) is 6.07 Å². The molecule has 5 heteroatoms. The van der Waals surface area contributed by atoms with E-state index in [1.165, 1.54) is 0 Å². The van der Waals surface area contributed by atoms with Crippen LogP contribution in [-0.2, 0) is 0 Å². The minimum atomic E-state index is 0.609. The quantitative estimate of drug-likeness (QED) is 0.745. The standard InChI is InChI=1S/C10H12N4O/c1-7-12-6-14(13-7)8-3-4-9(11)10(5-8)15-2/h3-6H,11H2,1-2H3. The van der Waals surface area contributed by atoms with Crippen LogP contribution in [0.3, 0.4) is 0 Å². The molecule has 0 unspecified atom stereocenters. The molecule has 0 saturated carbocycles. The molecule has 0 atom stereocenters. The molecule has 2 N–H and O–H groups in total. The van der Waals surface area contributed by atoms with Gasteiger partial charge in [0.1, 0.15) is 17.9 Å². The maximum atomic E-state index is 5.71. The summed E-state index contributed by atoms with van der Waals surface area (Å²) in [5, 5.41) is 4.20. The highest BCUT2D eigenvalue weighted by Crippen LogP contribution is 2.23. The number of benzene rings is 1. The zero-order valence-electron chi connectivity index (χ0n) is 8.64. The van der Waals surface area contributed by atoms with E-state index in [1.54, 1.807) is 24.2 Å². The van der Waals surface area contributed by atoms with Gasteiger partial charge in [-0.2, -0.15) is 5.10 Å². The maximum Gasteiger partial charge on any atom is 0.147 e. The van der Waals surface area contributed by atoms with Crippen LogP contribution in [0.1, 0.15) is 5.82 Å². The monoisotopic (exact) mass is 204 g/mol. The van der Waals surface area contributed by atoms with Gasteiger partial charge in [-0.3, -0.25) is 0 Å². The summed E-state index contributed by atoms with van der Waals surface area (Å²) < 4.78 is 6.81. The Morgan fingerprint density at radius 2 is 2.20 bits per heavy atom. The fraction of sp³-hybridized carbons (Fsp3) is 0.200. The SMILES string of the molecule is COc1cc(-n2cnc(C)n2)ccc1N. The van der Waals surface area contributed by atoms with Crippen LogP contribution in [0.2, 0.25) is 0 Å². The molecule has 0 radical (unpaired) electrons. The first kappa shape index (κ1) is 9.51. The lowest BCUT2D eigenvalue weighted by Crippen LogP contribution is -1.98. The fourth-order valence-electron chi connectivity index (χ4n) is 1.31. The Kier molecular flexibility index (Phi) is 2.29. The van der Waals surface area contributed by atoms with E-state index in [1.807, 2.05) is 19.1 Å². The summed E-state index contributed by atoms with van der Waals surface area (Å²) in [7, 11) is 1.59. The topological polar surface area (TPSA) is 66.0 Å². The molecule has 0 aliphatic heterocycles. The number of rotatable bonds is 2. The first-order valence-electron chi connectivity index (χ1n) is 4.53. The zero-order valence-corrected chi connectivity index (χ0v) is 8.64. The van der Waals surface area contributed by atoms with E-state index in [9.17, 15) is 0 Å². The van der Waals surface area contributed by atoms with E-state index in [4.69, 9.17) is 10.5 Å². The molecule has 0 saturated heterocycles. The van der Waals surface area contributed by atoms with Crippen LogP contribution in [-0.4, -0.2) is 21.9 Å². The van der Waals surface area contributed by atoms with E-state index in [2.05, 4.69) is 10.1 Å². The highest BCUT2D eigenvalue weighted by Gasteiger charge is 2.03. The van der Waals surface area contributed by atoms with Gasteiger partial charge in [-0.05, 0) is 19.1 Å². The van der Waals surface area contributed by atoms with Crippen molar-refractivity contribution in [3.8, 4) is 11.4 Å². The smallest absolute Gasteiger partial charge is 0.147 e. The summed E-state index contributed by atoms with van der Waals surface area (Å²) in [6.45, 7) is 1.84. The first-order valence-corrected chi connectivity index (χ1v) is 4.53. The van der Waals surface area contributed by atoms with Crippen LogP contribution in [0.15, 0.2) is 24.5 Å². The van der Waals surface area contributed by atoms with Crippen molar-refractivity contribution in [2.24, 2.45) is 0 Å². The Hall–Kier alpha value is -2.04. The molecule has 1 heterocycles. The van der Waals surface area contributed by atoms with Crippen LogP contribution in [0.4, 0.5) is 5.69 Å². The molecule has 0 fully saturated rings. The van der Waals surface area contributed by atoms with Gasteiger partial charge >= 0.3 is 0 Å². The summed E-state index contributed by atoms with van der Waals surface area (Å²) in [6.07, 6.45) is 1.65. The van der Waals surface area contributed by atoms with Gasteiger partial charge in [0.25, 0.3) is 0 Å². The normalized spacial score (nSPS) is 10.3. The molecule has 0 amide bonds. The number of nitrogens with two attached hydrogens (primary N) is 1. The molecule has 2 rings (SSSR count). The van der Waals surface area contributed by atoms with E-state index in [0.717, 1.165) is 11.5 Å². The predicted molar refractivity (Wildman–Crippen MR) is 57.1 cm³/mol. The Bertz CT molecular complexity index is 478. The molecule has 78 valence electrons. The molecule has 5 nitrogen and oxygen atoms in total. The Morgan fingerprint density at radius 1 is 1.40 bits per heavy atom. The van der Waals surface area contributed by atoms with Crippen LogP contribution < -0.4 is 10.5 Å². The van der Waals surface area contributed by atoms with Gasteiger partial charge in [0.15, 0.2) is 0 Å². The summed E-state index contributed by atoms with van der Waals surface area (Å²) in [5.41, 5.74) is 7.20. The van der Waals surface area contributed by atoms with Crippen molar-refractivity contribution in [2.75, 3.05) is 12.8 Å². The summed E-state index contributed by atoms with van der Waals surface area (Å²) in [5.74, 6) is 1.37. The number of anilines is 1. The number of ether oxygens (including phenoxy) is 1. The van der Waals surface area contributed by atoms with Gasteiger partial charge in [-0.15, -0.1) is 0 Å². The van der Waals surface area contributed by atoms with Gasteiger partial charge < -0.3 is 10.5 Å². The maximum absolute atomic E-state index is 5.71. The number of aromatic nitrogens is 3. The number of methoxy groups -OCH3 is 1. The van der Waals surface area contributed by atoms with Crippen molar-refractivity contribution < 1.29 is 4.74 Å². The molecule has 1 aromatic carbocycles. The molecule has 1 aromatic heterocycles. The molecule has 0 bridgehead atoms. The van der Waals surface area contributed by atoms with E-state index in [0.29, 0.717) is 11.4 Å². The van der Waals surface area contributed by atoms with Crippen molar-refractivity contribution >= 4 is 5.69 Å². The van der Waals surface area contributed by atoms with Crippen LogP contribution in [0, 0.1) is 6.92 Å². The number of hydrogen-bond donors (Lipinski definition) is 1. The minimum Gasteiger partial charge on any atom is -0.495 e. The highest BCUT2D eigenvalue weighted by atomic mass is 16.5. The Balaban J connectivity index is 2.45. The van der Waals surface area contributed by atoms with Crippen molar-refractivity contribution in [3.05, 3.63) is 30.4 Å². The average Bonchev–Trinajstić information content (AvgIpc) is 2.66. The van der Waals surface area contributed by atoms with Crippen molar-refractivity contribution in [3.63, 3.8) is 0 Å². The van der Waals surface area contributed by atoms with E-state index in [-0.39, 0.29) is 0 Å². The van der Waals surface area contributed by atoms with Gasteiger partial charge in [0.05, 0.1) is 18.5 Å². The second-order valence-corrected chi connectivity index (χ2v) is 3.16. The predicted octanol–water partition coefficient (Wildman–Crippen LogP) is 1.17. The van der Waals surface area contributed by atoms with Crippen LogP contribution in [0.25, 0.3) is 5.69 Å². The van der Waals surface area contributed by atoms with Crippen molar-refractivity contribution in [1.29, 1.82) is 0 Å². The summed E-state index contributed by atoms with van der Waals surface area (Å²) >= 11 is 0. The van der Waals surface area contributed by atoms with Crippen molar-refractivity contribution in [2.45, 2.75) is 6.92 Å². The first-order chi connectivity index (χ1) is 7.20. The largest absolute Gasteiger partial charge is 0.495 e. The molecule has 0 spiro atoms. The minimum absolute atomic E-state index is 0.609. The molecule has 0 aliphatic carbocycles. The third-order valence-electron chi connectivity index (χ3n) is 2.09. The fourth-order valence-corrected chi connectivity index (χ4v) is 1.31. The van der Waals surface area contributed by atoms with E-state index >= 15 is 0 Å². The van der Waals surface area contributed by atoms with E-state index < -0.39 is 0 Å². The third-order valence-corrected chi connectivity index (χ3v) is 2.09. The van der Waals surface area contributed by atoms with Crippen LogP contribution >= 0.6 is 0 Å². The highest BCUT2D eigenvalue weighted by molar-refractivity contribution is 5.57. The molecule has 2 aromatic rings. The molecular formula is C10H12N4O. The zero-order chi connectivity index (χ0) is 10.8. The van der Waals surface area contributed by atoms with Crippen LogP contribution in [0.5, 0.6) is 5.75 Å². The summed E-state index contributed by atoms with van der Waals surface area (Å²) in [6, 6.07) is 5.47.